The summed E-state index contributed by atoms with van der Waals surface area (Å²) in [7, 11) is -3.67. The summed E-state index contributed by atoms with van der Waals surface area (Å²) in [6, 6.07) is 9.25. The number of nitrogens with zero attached hydrogens (tertiary/aromatic N) is 1. The van der Waals surface area contributed by atoms with Crippen LogP contribution in [0.25, 0.3) is 0 Å². The van der Waals surface area contributed by atoms with Crippen LogP contribution < -0.4 is 19.5 Å². The lowest BCUT2D eigenvalue weighted by atomic mass is 10.2. The first-order chi connectivity index (χ1) is 14.9. The fraction of sp³-hybridized carbons (Fsp3) is 0.350. The molecule has 0 saturated carbocycles. The summed E-state index contributed by atoms with van der Waals surface area (Å²) in [5, 5.41) is 2.80. The van der Waals surface area contributed by atoms with E-state index in [0.29, 0.717) is 43.6 Å². The molecule has 2 aliphatic heterocycles. The number of halogens is 1. The number of anilines is 1. The third-order valence-corrected chi connectivity index (χ3v) is 6.89. The lowest BCUT2D eigenvalue weighted by Gasteiger charge is -2.26. The van der Waals surface area contributed by atoms with Gasteiger partial charge in [-0.1, -0.05) is 11.6 Å². The molecule has 2 aliphatic rings. The molecule has 31 heavy (non-hydrogen) atoms. The van der Waals surface area contributed by atoms with Crippen LogP contribution >= 0.6 is 11.6 Å². The molecule has 0 spiro atoms. The normalized spacial score (nSPS) is 16.5. The minimum absolute atomic E-state index is 0.0625. The van der Waals surface area contributed by atoms with E-state index in [0.717, 1.165) is 0 Å². The number of amides is 1. The van der Waals surface area contributed by atoms with Gasteiger partial charge in [-0.2, -0.15) is 4.31 Å². The topological polar surface area (TPSA) is 103 Å². The number of ether oxygens (including phenoxy) is 4. The molecule has 4 rings (SSSR count). The van der Waals surface area contributed by atoms with Gasteiger partial charge in [0.25, 0.3) is 5.91 Å². The molecule has 1 fully saturated rings. The van der Waals surface area contributed by atoms with Crippen molar-refractivity contribution >= 4 is 33.2 Å². The zero-order valence-corrected chi connectivity index (χ0v) is 18.1. The smallest absolute Gasteiger partial charge is 0.262 e. The van der Waals surface area contributed by atoms with Crippen molar-refractivity contribution in [2.75, 3.05) is 51.4 Å². The molecule has 1 amide bonds. The molecule has 1 N–H and O–H groups in total. The summed E-state index contributed by atoms with van der Waals surface area (Å²) in [4.78, 5) is 12.3. The van der Waals surface area contributed by atoms with Crippen LogP contribution in [0.5, 0.6) is 17.2 Å². The van der Waals surface area contributed by atoms with Crippen LogP contribution in [0.2, 0.25) is 5.02 Å². The van der Waals surface area contributed by atoms with E-state index in [1.807, 2.05) is 0 Å². The second-order valence-corrected chi connectivity index (χ2v) is 9.15. The number of rotatable bonds is 6. The molecule has 166 valence electrons. The number of carbonyl (C=O) groups excluding carboxylic acids is 1. The van der Waals surface area contributed by atoms with Crippen molar-refractivity contribution in [2.24, 2.45) is 0 Å². The highest BCUT2D eigenvalue weighted by Gasteiger charge is 2.27. The highest BCUT2D eigenvalue weighted by atomic mass is 35.5. The molecule has 0 radical (unpaired) electrons. The quantitative estimate of drug-likeness (QED) is 0.692. The van der Waals surface area contributed by atoms with E-state index in [1.165, 1.54) is 22.5 Å². The van der Waals surface area contributed by atoms with E-state index in [4.69, 9.17) is 30.5 Å². The van der Waals surface area contributed by atoms with E-state index in [1.54, 1.807) is 18.2 Å². The number of morpholine rings is 1. The summed E-state index contributed by atoms with van der Waals surface area (Å²) < 4.78 is 48.4. The molecule has 0 unspecified atom stereocenters. The van der Waals surface area contributed by atoms with Gasteiger partial charge < -0.3 is 24.3 Å². The highest BCUT2D eigenvalue weighted by Crippen LogP contribution is 2.33. The molecule has 2 aromatic carbocycles. The second kappa shape index (κ2) is 9.31. The largest absolute Gasteiger partial charge is 0.486 e. The monoisotopic (exact) mass is 468 g/mol. The van der Waals surface area contributed by atoms with E-state index >= 15 is 0 Å². The lowest BCUT2D eigenvalue weighted by Crippen LogP contribution is -2.40. The van der Waals surface area contributed by atoms with Gasteiger partial charge in [0.05, 0.1) is 23.1 Å². The Balaban J connectivity index is 1.37. The standard InChI is InChI=1S/C20H21ClN2O7S/c21-16-12-15(31(25,26)23-5-7-27-8-6-23)2-4-17(16)30-13-20(24)22-14-1-3-18-19(11-14)29-10-9-28-18/h1-4,11-12H,5-10,13H2,(H,22,24). The average molecular weight is 469 g/mol. The number of hydrogen-bond acceptors (Lipinski definition) is 7. The molecule has 2 heterocycles. The molecular formula is C20H21ClN2O7S. The third-order valence-electron chi connectivity index (χ3n) is 4.70. The van der Waals surface area contributed by atoms with Gasteiger partial charge in [-0.3, -0.25) is 4.79 Å². The zero-order valence-electron chi connectivity index (χ0n) is 16.5. The number of benzene rings is 2. The van der Waals surface area contributed by atoms with Crippen molar-refractivity contribution in [3.8, 4) is 17.2 Å². The Morgan fingerprint density at radius 3 is 2.52 bits per heavy atom. The van der Waals surface area contributed by atoms with Crippen molar-refractivity contribution in [3.05, 3.63) is 41.4 Å². The number of nitrogens with one attached hydrogen (secondary N) is 1. The van der Waals surface area contributed by atoms with Crippen LogP contribution in [0.3, 0.4) is 0 Å². The van der Waals surface area contributed by atoms with Gasteiger partial charge in [-0.15, -0.1) is 0 Å². The van der Waals surface area contributed by atoms with Gasteiger partial charge in [-0.25, -0.2) is 8.42 Å². The van der Waals surface area contributed by atoms with E-state index in [2.05, 4.69) is 5.32 Å². The van der Waals surface area contributed by atoms with Crippen LogP contribution in [-0.4, -0.2) is 64.8 Å². The highest BCUT2D eigenvalue weighted by molar-refractivity contribution is 7.89. The molecule has 0 bridgehead atoms. The molecular weight excluding hydrogens is 448 g/mol. The fourth-order valence-corrected chi connectivity index (χ4v) is 4.89. The Morgan fingerprint density at radius 2 is 1.77 bits per heavy atom. The number of carbonyl (C=O) groups is 1. The average Bonchev–Trinajstić information content (AvgIpc) is 2.78. The molecule has 2 aromatic rings. The van der Waals surface area contributed by atoms with Crippen molar-refractivity contribution in [1.82, 2.24) is 4.31 Å². The maximum absolute atomic E-state index is 12.7. The fourth-order valence-electron chi connectivity index (χ4n) is 3.16. The van der Waals surface area contributed by atoms with Crippen molar-refractivity contribution < 1.29 is 32.2 Å². The minimum Gasteiger partial charge on any atom is -0.486 e. The van der Waals surface area contributed by atoms with E-state index in [-0.39, 0.29) is 35.4 Å². The summed E-state index contributed by atoms with van der Waals surface area (Å²) in [6.45, 7) is 1.92. The van der Waals surface area contributed by atoms with Crippen LogP contribution in [0.15, 0.2) is 41.3 Å². The van der Waals surface area contributed by atoms with Gasteiger partial charge in [0.15, 0.2) is 18.1 Å². The van der Waals surface area contributed by atoms with E-state index in [9.17, 15) is 13.2 Å². The molecule has 0 aromatic heterocycles. The summed E-state index contributed by atoms with van der Waals surface area (Å²) in [5.41, 5.74) is 0.538. The van der Waals surface area contributed by atoms with Gasteiger partial charge in [0.1, 0.15) is 19.0 Å². The lowest BCUT2D eigenvalue weighted by molar-refractivity contribution is -0.118. The van der Waals surface area contributed by atoms with Crippen molar-refractivity contribution in [2.45, 2.75) is 4.90 Å². The first-order valence-electron chi connectivity index (χ1n) is 9.63. The summed E-state index contributed by atoms with van der Waals surface area (Å²) in [5.74, 6) is 0.988. The molecule has 11 heteroatoms. The Labute approximate surface area is 184 Å². The van der Waals surface area contributed by atoms with Crippen LogP contribution in [0.4, 0.5) is 5.69 Å². The van der Waals surface area contributed by atoms with Gasteiger partial charge in [-0.05, 0) is 30.3 Å². The summed E-state index contributed by atoms with van der Waals surface area (Å²) in [6.07, 6.45) is 0. The SMILES string of the molecule is O=C(COc1ccc(S(=O)(=O)N2CCOCC2)cc1Cl)Nc1ccc2c(c1)OCCO2. The number of hydrogen-bond donors (Lipinski definition) is 1. The molecule has 9 nitrogen and oxygen atoms in total. The summed E-state index contributed by atoms with van der Waals surface area (Å²) >= 11 is 6.20. The van der Waals surface area contributed by atoms with Gasteiger partial charge in [0.2, 0.25) is 10.0 Å². The minimum atomic E-state index is -3.67. The van der Waals surface area contributed by atoms with Gasteiger partial charge >= 0.3 is 0 Å². The maximum Gasteiger partial charge on any atom is 0.262 e. The Morgan fingerprint density at radius 1 is 1.03 bits per heavy atom. The third kappa shape index (κ3) is 5.04. The van der Waals surface area contributed by atoms with Crippen molar-refractivity contribution in [1.29, 1.82) is 0 Å². The van der Waals surface area contributed by atoms with Crippen molar-refractivity contribution in [3.63, 3.8) is 0 Å². The van der Waals surface area contributed by atoms with Crippen LogP contribution in [-0.2, 0) is 19.6 Å². The predicted molar refractivity (Wildman–Crippen MR) is 113 cm³/mol. The molecule has 1 saturated heterocycles. The molecule has 0 atom stereocenters. The Bertz CT molecular complexity index is 1070. The van der Waals surface area contributed by atoms with E-state index < -0.39 is 15.9 Å². The predicted octanol–water partition coefficient (Wildman–Crippen LogP) is 2.15. The van der Waals surface area contributed by atoms with Crippen LogP contribution in [0.1, 0.15) is 0 Å². The first kappa shape index (κ1) is 21.7. The zero-order chi connectivity index (χ0) is 21.8. The Hall–Kier alpha value is -2.53. The molecule has 0 aliphatic carbocycles. The maximum atomic E-state index is 12.7. The first-order valence-corrected chi connectivity index (χ1v) is 11.4. The van der Waals surface area contributed by atoms with Gasteiger partial charge in [0, 0.05) is 24.8 Å². The number of fused-ring (bicyclic) bond motifs is 1. The second-order valence-electron chi connectivity index (χ2n) is 6.80. The van der Waals surface area contributed by atoms with Crippen LogP contribution in [0, 0.1) is 0 Å². The number of sulfonamides is 1. The Kier molecular flexibility index (Phi) is 6.51.